The molecular formula is C37H56O7. The van der Waals surface area contributed by atoms with Crippen molar-refractivity contribution in [2.75, 3.05) is 13.2 Å². The van der Waals surface area contributed by atoms with Crippen molar-refractivity contribution in [3.05, 3.63) is 66.3 Å². The molecule has 0 unspecified atom stereocenters. The number of rotatable bonds is 17. The van der Waals surface area contributed by atoms with Crippen molar-refractivity contribution < 1.29 is 34.3 Å². The Balaban J connectivity index is 0.000000824. The molecule has 0 saturated heterocycles. The van der Waals surface area contributed by atoms with Gasteiger partial charge in [-0.15, -0.1) is 0 Å². The van der Waals surface area contributed by atoms with Crippen LogP contribution in [0.15, 0.2) is 60.7 Å². The lowest BCUT2D eigenvalue weighted by molar-refractivity contribution is -0.151. The van der Waals surface area contributed by atoms with Crippen LogP contribution in [-0.2, 0) is 16.0 Å². The van der Waals surface area contributed by atoms with E-state index in [-0.39, 0.29) is 29.3 Å². The van der Waals surface area contributed by atoms with Gasteiger partial charge in [-0.1, -0.05) is 89.3 Å². The lowest BCUT2D eigenvalue weighted by atomic mass is 10.0. The summed E-state index contributed by atoms with van der Waals surface area (Å²) in [7, 11) is 0. The average molecular weight is 613 g/mol. The first-order chi connectivity index (χ1) is 21.4. The summed E-state index contributed by atoms with van der Waals surface area (Å²) in [6, 6.07) is 9.51. The number of ether oxygens (including phenoxy) is 3. The molecule has 2 aromatic rings. The molecule has 44 heavy (non-hydrogen) atoms. The van der Waals surface area contributed by atoms with Crippen molar-refractivity contribution in [1.29, 1.82) is 0 Å². The van der Waals surface area contributed by atoms with Crippen LogP contribution in [0.4, 0.5) is 0 Å². The lowest BCUT2D eigenvalue weighted by Gasteiger charge is -2.26. The zero-order valence-corrected chi connectivity index (χ0v) is 27.4. The summed E-state index contributed by atoms with van der Waals surface area (Å²) in [6.07, 6.45) is 22.4. The number of hydrogen-bond acceptors (Lipinski definition) is 7. The van der Waals surface area contributed by atoms with E-state index in [1.807, 2.05) is 20.8 Å². The van der Waals surface area contributed by atoms with Crippen LogP contribution in [0.3, 0.4) is 0 Å². The smallest absolute Gasteiger partial charge is 0.306 e. The van der Waals surface area contributed by atoms with Crippen LogP contribution in [0, 0.1) is 0 Å². The number of esters is 1. The van der Waals surface area contributed by atoms with Gasteiger partial charge in [0.15, 0.2) is 11.5 Å². The molecule has 0 aromatic heterocycles. The van der Waals surface area contributed by atoms with Gasteiger partial charge in [-0.05, 0) is 57.6 Å². The maximum absolute atomic E-state index is 12.2. The van der Waals surface area contributed by atoms with E-state index in [1.165, 1.54) is 50.7 Å². The third kappa shape index (κ3) is 16.9. The minimum atomic E-state index is -0.359. The fourth-order valence-electron chi connectivity index (χ4n) is 4.52. The van der Waals surface area contributed by atoms with Crippen LogP contribution in [0.5, 0.6) is 28.7 Å². The van der Waals surface area contributed by atoms with E-state index in [0.29, 0.717) is 43.1 Å². The number of unbranched alkanes of at least 4 members (excludes halogenated alkanes) is 8. The van der Waals surface area contributed by atoms with Crippen molar-refractivity contribution in [2.24, 2.45) is 0 Å². The SMILES string of the molecule is CC.CCCCC/C=C\C/C=C\CCCCCCCC(=O)O[C@@H]1COc2cc(OCC)cc(O)c2C1.Oc1ccccc1O. The zero-order chi connectivity index (χ0) is 32.4. The molecule has 0 saturated carbocycles. The molecule has 0 spiro atoms. The molecule has 1 aliphatic heterocycles. The first-order valence-electron chi connectivity index (χ1n) is 16.5. The highest BCUT2D eigenvalue weighted by molar-refractivity contribution is 5.69. The number of carbonyl (C=O) groups excluding carboxylic acids is 1. The summed E-state index contributed by atoms with van der Waals surface area (Å²) in [6.45, 7) is 8.95. The van der Waals surface area contributed by atoms with E-state index >= 15 is 0 Å². The monoisotopic (exact) mass is 612 g/mol. The van der Waals surface area contributed by atoms with Gasteiger partial charge in [-0.25, -0.2) is 0 Å². The molecular weight excluding hydrogens is 556 g/mol. The standard InChI is InChI=1S/C29H44O5.C6H6O2.C2H6/c1-3-5-6-7-8-9-10-11-12-13-14-15-16-17-18-19-29(31)34-25-20-26-27(30)21-24(32-4-2)22-28(26)33-23-25;7-5-3-1-2-4-6(5)8;1-2/h8-9,11-12,21-22,25,30H,3-7,10,13-20,23H2,1-2H3;1-4,7-8H;1-2H3/b9-8-,12-11-;;/t25-;;/m0../s1. The molecule has 0 bridgehead atoms. The van der Waals surface area contributed by atoms with Gasteiger partial charge >= 0.3 is 5.97 Å². The molecule has 0 aliphatic carbocycles. The van der Waals surface area contributed by atoms with E-state index in [0.717, 1.165) is 32.1 Å². The van der Waals surface area contributed by atoms with Gasteiger partial charge in [0.1, 0.15) is 30.0 Å². The van der Waals surface area contributed by atoms with Gasteiger partial charge in [0.05, 0.1) is 6.61 Å². The minimum absolute atomic E-state index is 0.0764. The molecule has 0 amide bonds. The minimum Gasteiger partial charge on any atom is -0.507 e. The molecule has 0 fully saturated rings. The first-order valence-corrected chi connectivity index (χ1v) is 16.5. The van der Waals surface area contributed by atoms with E-state index in [4.69, 9.17) is 24.4 Å². The fraction of sp³-hybridized carbons (Fsp3) is 0.541. The Morgan fingerprint density at radius 1 is 0.841 bits per heavy atom. The molecule has 1 atom stereocenters. The molecule has 2 aromatic carbocycles. The van der Waals surface area contributed by atoms with Crippen LogP contribution >= 0.6 is 0 Å². The molecule has 3 rings (SSSR count). The second-order valence-corrected chi connectivity index (χ2v) is 10.4. The summed E-state index contributed by atoms with van der Waals surface area (Å²) in [5.74, 6) is 0.962. The topological polar surface area (TPSA) is 105 Å². The molecule has 0 radical (unpaired) electrons. The van der Waals surface area contributed by atoms with Crippen LogP contribution in [-0.4, -0.2) is 40.6 Å². The van der Waals surface area contributed by atoms with Crippen molar-refractivity contribution in [1.82, 2.24) is 0 Å². The Hall–Kier alpha value is -3.61. The Morgan fingerprint density at radius 3 is 2.07 bits per heavy atom. The van der Waals surface area contributed by atoms with Crippen LogP contribution in [0.25, 0.3) is 0 Å². The number of para-hydroxylation sites is 2. The third-order valence-corrected chi connectivity index (χ3v) is 6.84. The molecule has 1 heterocycles. The maximum Gasteiger partial charge on any atom is 0.306 e. The molecule has 3 N–H and O–H groups in total. The highest BCUT2D eigenvalue weighted by atomic mass is 16.6. The van der Waals surface area contributed by atoms with Gasteiger partial charge < -0.3 is 29.5 Å². The molecule has 246 valence electrons. The second-order valence-electron chi connectivity index (χ2n) is 10.4. The Kier molecular flexibility index (Phi) is 21.6. The predicted molar refractivity (Wildman–Crippen MR) is 179 cm³/mol. The normalized spacial score (nSPS) is 13.7. The van der Waals surface area contributed by atoms with E-state index < -0.39 is 0 Å². The number of benzene rings is 2. The number of phenols is 3. The van der Waals surface area contributed by atoms with Gasteiger partial charge in [-0.2, -0.15) is 0 Å². The lowest BCUT2D eigenvalue weighted by Crippen LogP contribution is -2.31. The third-order valence-electron chi connectivity index (χ3n) is 6.84. The summed E-state index contributed by atoms with van der Waals surface area (Å²) in [4.78, 5) is 12.2. The van der Waals surface area contributed by atoms with Crippen LogP contribution < -0.4 is 9.47 Å². The highest BCUT2D eigenvalue weighted by Crippen LogP contribution is 2.37. The zero-order valence-electron chi connectivity index (χ0n) is 27.4. The van der Waals surface area contributed by atoms with E-state index in [2.05, 4.69) is 31.2 Å². The summed E-state index contributed by atoms with van der Waals surface area (Å²) in [5.41, 5.74) is 0.671. The van der Waals surface area contributed by atoms with Gasteiger partial charge in [0.25, 0.3) is 0 Å². The van der Waals surface area contributed by atoms with Gasteiger partial charge in [0.2, 0.25) is 0 Å². The van der Waals surface area contributed by atoms with Crippen LogP contribution in [0.2, 0.25) is 0 Å². The number of phenolic OH excluding ortho intramolecular Hbond substituents is 3. The quantitative estimate of drug-likeness (QED) is 0.0707. The molecule has 7 heteroatoms. The molecule has 1 aliphatic rings. The van der Waals surface area contributed by atoms with Gasteiger partial charge in [0, 0.05) is 30.5 Å². The molecule has 7 nitrogen and oxygen atoms in total. The largest absolute Gasteiger partial charge is 0.507 e. The van der Waals surface area contributed by atoms with Crippen molar-refractivity contribution in [3.8, 4) is 28.7 Å². The number of carbonyl (C=O) groups is 1. The maximum atomic E-state index is 12.2. The summed E-state index contributed by atoms with van der Waals surface area (Å²) in [5, 5.41) is 27.6. The number of allylic oxidation sites excluding steroid dienone is 4. The fourth-order valence-corrected chi connectivity index (χ4v) is 4.52. The number of aromatic hydroxyl groups is 3. The second kappa shape index (κ2) is 24.8. The highest BCUT2D eigenvalue weighted by Gasteiger charge is 2.26. The van der Waals surface area contributed by atoms with Crippen molar-refractivity contribution in [3.63, 3.8) is 0 Å². The average Bonchev–Trinajstić information content (AvgIpc) is 3.02. The van der Waals surface area contributed by atoms with Gasteiger partial charge in [-0.3, -0.25) is 4.79 Å². The summed E-state index contributed by atoms with van der Waals surface area (Å²) >= 11 is 0. The first kappa shape index (κ1) is 38.4. The Bertz CT molecular complexity index is 1070. The van der Waals surface area contributed by atoms with E-state index in [1.54, 1.807) is 24.3 Å². The Labute approximate surface area is 265 Å². The van der Waals surface area contributed by atoms with E-state index in [9.17, 15) is 9.90 Å². The number of hydrogen-bond donors (Lipinski definition) is 3. The van der Waals surface area contributed by atoms with Crippen molar-refractivity contribution >= 4 is 5.97 Å². The predicted octanol–water partition coefficient (Wildman–Crippen LogP) is 9.58. The summed E-state index contributed by atoms with van der Waals surface area (Å²) < 4.78 is 16.7. The number of fused-ring (bicyclic) bond motifs is 1. The van der Waals surface area contributed by atoms with Crippen molar-refractivity contribution in [2.45, 2.75) is 117 Å². The van der Waals surface area contributed by atoms with Crippen LogP contribution in [0.1, 0.15) is 110 Å². The Morgan fingerprint density at radius 2 is 1.45 bits per heavy atom.